The highest BCUT2D eigenvalue weighted by molar-refractivity contribution is 5.79. The zero-order valence-corrected chi connectivity index (χ0v) is 13.1. The fourth-order valence-electron chi connectivity index (χ4n) is 1.75. The number of rotatable bonds is 7. The monoisotopic (exact) mass is 293 g/mol. The molecule has 5 heteroatoms. The summed E-state index contributed by atoms with van der Waals surface area (Å²) in [6.07, 6.45) is 0.751. The average molecular weight is 293 g/mol. The van der Waals surface area contributed by atoms with Crippen LogP contribution in [0, 0.1) is 0 Å². The molecule has 0 aromatic heterocycles. The van der Waals surface area contributed by atoms with Crippen molar-refractivity contribution < 1.29 is 19.1 Å². The van der Waals surface area contributed by atoms with Crippen LogP contribution in [0.4, 0.5) is 0 Å². The van der Waals surface area contributed by atoms with Crippen LogP contribution in [0.5, 0.6) is 5.75 Å². The van der Waals surface area contributed by atoms with Crippen LogP contribution in [0.1, 0.15) is 33.3 Å². The van der Waals surface area contributed by atoms with Crippen molar-refractivity contribution in [3.8, 4) is 5.75 Å². The maximum atomic E-state index is 11.8. The molecule has 0 atom stereocenters. The second kappa shape index (κ2) is 7.67. The molecule has 0 heterocycles. The Hall–Kier alpha value is -2.04. The van der Waals surface area contributed by atoms with Crippen LogP contribution >= 0.6 is 0 Å². The lowest BCUT2D eigenvalue weighted by molar-refractivity contribution is -0.158. The van der Waals surface area contributed by atoms with E-state index in [1.54, 1.807) is 20.8 Å². The summed E-state index contributed by atoms with van der Waals surface area (Å²) in [6.45, 7) is 7.54. The lowest BCUT2D eigenvalue weighted by Crippen LogP contribution is -2.39. The second-order valence-corrected chi connectivity index (χ2v) is 5.21. The van der Waals surface area contributed by atoms with Crippen molar-refractivity contribution in [1.29, 1.82) is 0 Å². The van der Waals surface area contributed by atoms with E-state index in [-0.39, 0.29) is 11.9 Å². The molecular formula is C16H23NO4. The van der Waals surface area contributed by atoms with Crippen molar-refractivity contribution in [3.05, 3.63) is 29.8 Å². The molecule has 5 nitrogen and oxygen atoms in total. The zero-order chi connectivity index (χ0) is 15.9. The molecule has 0 unspecified atom stereocenters. The van der Waals surface area contributed by atoms with E-state index in [2.05, 4.69) is 5.32 Å². The Morgan fingerprint density at radius 2 is 1.81 bits per heavy atom. The van der Waals surface area contributed by atoms with Crippen molar-refractivity contribution in [1.82, 2.24) is 5.32 Å². The largest absolute Gasteiger partial charge is 0.476 e. The molecule has 0 aliphatic rings. The second-order valence-electron chi connectivity index (χ2n) is 5.21. The molecule has 0 bridgehead atoms. The first-order valence-corrected chi connectivity index (χ1v) is 7.04. The minimum atomic E-state index is -1.02. The van der Waals surface area contributed by atoms with Crippen LogP contribution in [0.15, 0.2) is 24.3 Å². The molecule has 1 aromatic rings. The number of carbonyl (C=O) groups is 2. The Morgan fingerprint density at radius 3 is 2.33 bits per heavy atom. The molecular weight excluding hydrogens is 270 g/mol. The molecule has 0 saturated carbocycles. The quantitative estimate of drug-likeness (QED) is 0.782. The van der Waals surface area contributed by atoms with Gasteiger partial charge in [-0.05, 0) is 44.9 Å². The molecule has 1 rings (SSSR count). The topological polar surface area (TPSA) is 64.6 Å². The number of hydrogen-bond acceptors (Lipinski definition) is 4. The molecule has 0 fully saturated rings. The number of nitrogens with one attached hydrogen (secondary N) is 1. The minimum Gasteiger partial charge on any atom is -0.476 e. The summed E-state index contributed by atoms with van der Waals surface area (Å²) in [7, 11) is 0. The first-order chi connectivity index (χ1) is 9.85. The Labute approximate surface area is 125 Å². The van der Waals surface area contributed by atoms with Crippen LogP contribution in [-0.4, -0.2) is 30.6 Å². The summed E-state index contributed by atoms with van der Waals surface area (Å²) in [6, 6.07) is 7.45. The highest BCUT2D eigenvalue weighted by atomic mass is 16.6. The van der Waals surface area contributed by atoms with E-state index in [0.29, 0.717) is 18.9 Å². The number of carbonyl (C=O) groups excluding carboxylic acids is 2. The summed E-state index contributed by atoms with van der Waals surface area (Å²) >= 11 is 0. The van der Waals surface area contributed by atoms with Crippen molar-refractivity contribution in [2.45, 2.75) is 39.7 Å². The van der Waals surface area contributed by atoms with Gasteiger partial charge in [-0.25, -0.2) is 4.79 Å². The van der Waals surface area contributed by atoms with Crippen LogP contribution in [-0.2, 0) is 20.7 Å². The SMILES string of the molecule is CCOC(=O)C(C)(C)Oc1ccc(CCNC(C)=O)cc1. The van der Waals surface area contributed by atoms with E-state index in [1.807, 2.05) is 24.3 Å². The Morgan fingerprint density at radius 1 is 1.19 bits per heavy atom. The molecule has 1 N–H and O–H groups in total. The van der Waals surface area contributed by atoms with Gasteiger partial charge in [-0.15, -0.1) is 0 Å². The molecule has 116 valence electrons. The van der Waals surface area contributed by atoms with Gasteiger partial charge in [0.1, 0.15) is 5.75 Å². The van der Waals surface area contributed by atoms with E-state index < -0.39 is 5.60 Å². The number of ether oxygens (including phenoxy) is 2. The zero-order valence-electron chi connectivity index (χ0n) is 13.1. The highest BCUT2D eigenvalue weighted by Gasteiger charge is 2.31. The molecule has 0 radical (unpaired) electrons. The van der Waals surface area contributed by atoms with Gasteiger partial charge in [-0.1, -0.05) is 12.1 Å². The van der Waals surface area contributed by atoms with Gasteiger partial charge in [0, 0.05) is 13.5 Å². The molecule has 1 aromatic carbocycles. The maximum Gasteiger partial charge on any atom is 0.349 e. The number of hydrogen-bond donors (Lipinski definition) is 1. The van der Waals surface area contributed by atoms with Crippen LogP contribution in [0.3, 0.4) is 0 Å². The van der Waals surface area contributed by atoms with E-state index in [4.69, 9.17) is 9.47 Å². The molecule has 21 heavy (non-hydrogen) atoms. The van der Waals surface area contributed by atoms with E-state index in [9.17, 15) is 9.59 Å². The fraction of sp³-hybridized carbons (Fsp3) is 0.500. The third-order valence-electron chi connectivity index (χ3n) is 2.85. The normalized spacial score (nSPS) is 10.9. The summed E-state index contributed by atoms with van der Waals surface area (Å²) in [4.78, 5) is 22.5. The van der Waals surface area contributed by atoms with Crippen molar-refractivity contribution in [2.75, 3.05) is 13.2 Å². The lowest BCUT2D eigenvalue weighted by Gasteiger charge is -2.24. The number of esters is 1. The first kappa shape index (κ1) is 17.0. The average Bonchev–Trinajstić information content (AvgIpc) is 2.40. The van der Waals surface area contributed by atoms with Crippen molar-refractivity contribution >= 4 is 11.9 Å². The van der Waals surface area contributed by atoms with Crippen molar-refractivity contribution in [2.24, 2.45) is 0 Å². The summed E-state index contributed by atoms with van der Waals surface area (Å²) in [5, 5.41) is 2.74. The van der Waals surface area contributed by atoms with Gasteiger partial charge >= 0.3 is 5.97 Å². The number of benzene rings is 1. The van der Waals surface area contributed by atoms with Crippen LogP contribution in [0.2, 0.25) is 0 Å². The molecule has 0 saturated heterocycles. The smallest absolute Gasteiger partial charge is 0.349 e. The molecule has 0 spiro atoms. The van der Waals surface area contributed by atoms with Gasteiger partial charge in [-0.3, -0.25) is 4.79 Å². The first-order valence-electron chi connectivity index (χ1n) is 7.04. The van der Waals surface area contributed by atoms with Crippen molar-refractivity contribution in [3.63, 3.8) is 0 Å². The van der Waals surface area contributed by atoms with E-state index in [0.717, 1.165) is 12.0 Å². The summed E-state index contributed by atoms with van der Waals surface area (Å²) in [5.41, 5.74) is 0.0679. The fourth-order valence-corrected chi connectivity index (χ4v) is 1.75. The van der Waals surface area contributed by atoms with E-state index >= 15 is 0 Å². The third-order valence-corrected chi connectivity index (χ3v) is 2.85. The minimum absolute atomic E-state index is 0.0360. The van der Waals surface area contributed by atoms with Gasteiger partial charge in [0.05, 0.1) is 6.61 Å². The molecule has 0 aliphatic heterocycles. The predicted octanol–water partition coefficient (Wildman–Crippen LogP) is 2.09. The maximum absolute atomic E-state index is 11.8. The highest BCUT2D eigenvalue weighted by Crippen LogP contribution is 2.20. The predicted molar refractivity (Wildman–Crippen MR) is 80.2 cm³/mol. The Kier molecular flexibility index (Phi) is 6.21. The van der Waals surface area contributed by atoms with Crippen LogP contribution in [0.25, 0.3) is 0 Å². The standard InChI is InChI=1S/C16H23NO4/c1-5-20-15(19)16(3,4)21-14-8-6-13(7-9-14)10-11-17-12(2)18/h6-9H,5,10-11H2,1-4H3,(H,17,18). The Bertz CT molecular complexity index is 480. The van der Waals surface area contributed by atoms with Gasteiger partial charge < -0.3 is 14.8 Å². The van der Waals surface area contributed by atoms with Gasteiger partial charge in [0.25, 0.3) is 0 Å². The third kappa shape index (κ3) is 5.85. The summed E-state index contributed by atoms with van der Waals surface area (Å²) in [5.74, 6) is 0.183. The lowest BCUT2D eigenvalue weighted by atomic mass is 10.1. The Balaban J connectivity index is 2.57. The van der Waals surface area contributed by atoms with Crippen LogP contribution < -0.4 is 10.1 Å². The van der Waals surface area contributed by atoms with E-state index in [1.165, 1.54) is 6.92 Å². The van der Waals surface area contributed by atoms with Gasteiger partial charge in [0.15, 0.2) is 5.60 Å². The summed E-state index contributed by atoms with van der Waals surface area (Å²) < 4.78 is 10.6. The number of amides is 1. The van der Waals surface area contributed by atoms with Gasteiger partial charge in [0.2, 0.25) is 5.91 Å². The molecule has 1 amide bonds. The van der Waals surface area contributed by atoms with Gasteiger partial charge in [-0.2, -0.15) is 0 Å². The molecule has 0 aliphatic carbocycles.